The van der Waals surface area contributed by atoms with Crippen LogP contribution in [0.25, 0.3) is 0 Å². The molecule has 0 N–H and O–H groups in total. The van der Waals surface area contributed by atoms with Crippen LogP contribution in [0.15, 0.2) is 73.0 Å². The van der Waals surface area contributed by atoms with Crippen molar-refractivity contribution in [2.75, 3.05) is 0 Å². The SMILES string of the molecule is C=C(O[Si](C)(C)C)C(C)(C)C(=O)CCC(=O)C(Cc1ccccc1)(Cc1ccccc1)C(C)=O. The van der Waals surface area contributed by atoms with Crippen molar-refractivity contribution in [1.82, 2.24) is 0 Å². The second-order valence-electron chi connectivity index (χ2n) is 10.6. The van der Waals surface area contributed by atoms with Gasteiger partial charge in [0.15, 0.2) is 0 Å². The molecule has 34 heavy (non-hydrogen) atoms. The predicted octanol–water partition coefficient (Wildman–Crippen LogP) is 6.36. The van der Waals surface area contributed by atoms with Crippen molar-refractivity contribution in [3.63, 3.8) is 0 Å². The average Bonchev–Trinajstić information content (AvgIpc) is 2.76. The van der Waals surface area contributed by atoms with E-state index in [2.05, 4.69) is 6.58 Å². The van der Waals surface area contributed by atoms with Gasteiger partial charge in [0.1, 0.15) is 17.3 Å². The molecule has 0 aromatic heterocycles. The molecule has 0 heterocycles. The molecule has 0 saturated carbocycles. The van der Waals surface area contributed by atoms with Gasteiger partial charge in [-0.2, -0.15) is 0 Å². The molecular formula is C29H38O4Si. The van der Waals surface area contributed by atoms with E-state index >= 15 is 0 Å². The lowest BCUT2D eigenvalue weighted by atomic mass is 9.69. The highest BCUT2D eigenvalue weighted by molar-refractivity contribution is 6.70. The number of carbonyl (C=O) groups excluding carboxylic acids is 3. The van der Waals surface area contributed by atoms with Gasteiger partial charge < -0.3 is 4.43 Å². The highest BCUT2D eigenvalue weighted by Gasteiger charge is 2.43. The van der Waals surface area contributed by atoms with Crippen molar-refractivity contribution in [2.24, 2.45) is 10.8 Å². The van der Waals surface area contributed by atoms with Crippen LogP contribution in [0.1, 0.15) is 44.7 Å². The van der Waals surface area contributed by atoms with E-state index in [4.69, 9.17) is 4.43 Å². The molecule has 5 heteroatoms. The van der Waals surface area contributed by atoms with Gasteiger partial charge in [-0.1, -0.05) is 67.2 Å². The van der Waals surface area contributed by atoms with Crippen molar-refractivity contribution < 1.29 is 18.8 Å². The normalized spacial score (nSPS) is 12.2. The first-order valence-corrected chi connectivity index (χ1v) is 15.2. The van der Waals surface area contributed by atoms with Gasteiger partial charge in [0, 0.05) is 12.8 Å². The maximum absolute atomic E-state index is 13.7. The quantitative estimate of drug-likeness (QED) is 0.191. The molecule has 2 aromatic carbocycles. The van der Waals surface area contributed by atoms with E-state index in [1.54, 1.807) is 13.8 Å². The summed E-state index contributed by atoms with van der Waals surface area (Å²) in [5.41, 5.74) is -0.284. The zero-order chi connectivity index (χ0) is 25.6. The van der Waals surface area contributed by atoms with Crippen LogP contribution in [0.3, 0.4) is 0 Å². The number of hydrogen-bond acceptors (Lipinski definition) is 4. The van der Waals surface area contributed by atoms with Crippen molar-refractivity contribution in [2.45, 2.75) is 66.1 Å². The summed E-state index contributed by atoms with van der Waals surface area (Å²) in [4.78, 5) is 40.0. The Morgan fingerprint density at radius 2 is 1.21 bits per heavy atom. The summed E-state index contributed by atoms with van der Waals surface area (Å²) in [6.45, 7) is 15.2. The monoisotopic (exact) mass is 478 g/mol. The van der Waals surface area contributed by atoms with E-state index in [0.29, 0.717) is 18.6 Å². The Morgan fingerprint density at radius 1 is 0.794 bits per heavy atom. The molecule has 0 aliphatic rings. The lowest BCUT2D eigenvalue weighted by molar-refractivity contribution is -0.141. The Hall–Kier alpha value is -2.79. The largest absolute Gasteiger partial charge is 0.547 e. The van der Waals surface area contributed by atoms with Crippen LogP contribution in [0.4, 0.5) is 0 Å². The van der Waals surface area contributed by atoms with Gasteiger partial charge in [-0.25, -0.2) is 0 Å². The number of Topliss-reactive ketones (excluding diaryl/α,β-unsaturated/α-hetero) is 3. The molecule has 0 saturated heterocycles. The van der Waals surface area contributed by atoms with Crippen molar-refractivity contribution in [3.8, 4) is 0 Å². The van der Waals surface area contributed by atoms with E-state index in [0.717, 1.165) is 11.1 Å². The Balaban J connectivity index is 2.29. The third kappa shape index (κ3) is 7.10. The van der Waals surface area contributed by atoms with Gasteiger partial charge in [-0.15, -0.1) is 0 Å². The maximum Gasteiger partial charge on any atom is 0.241 e. The lowest BCUT2D eigenvalue weighted by Gasteiger charge is -2.33. The Kier molecular flexibility index (Phi) is 8.95. The zero-order valence-corrected chi connectivity index (χ0v) is 22.4. The second-order valence-corrected chi connectivity index (χ2v) is 15.0. The molecule has 0 amide bonds. The smallest absolute Gasteiger partial charge is 0.241 e. The summed E-state index contributed by atoms with van der Waals surface area (Å²) in [6, 6.07) is 19.2. The predicted molar refractivity (Wildman–Crippen MR) is 140 cm³/mol. The molecule has 0 unspecified atom stereocenters. The highest BCUT2D eigenvalue weighted by atomic mass is 28.4. The van der Waals surface area contributed by atoms with Gasteiger partial charge in [-0.3, -0.25) is 14.4 Å². The fourth-order valence-electron chi connectivity index (χ4n) is 4.03. The topological polar surface area (TPSA) is 60.4 Å². The summed E-state index contributed by atoms with van der Waals surface area (Å²) in [5, 5.41) is 0. The average molecular weight is 479 g/mol. The first-order chi connectivity index (χ1) is 15.8. The number of allylic oxidation sites excluding steroid dienone is 1. The third-order valence-corrected chi connectivity index (χ3v) is 7.17. The minimum Gasteiger partial charge on any atom is -0.547 e. The number of benzene rings is 2. The molecule has 0 aliphatic heterocycles. The van der Waals surface area contributed by atoms with Crippen molar-refractivity contribution in [1.29, 1.82) is 0 Å². The second kappa shape index (κ2) is 11.1. The Labute approximate surface area is 205 Å². The highest BCUT2D eigenvalue weighted by Crippen LogP contribution is 2.35. The van der Waals surface area contributed by atoms with Gasteiger partial charge in [-0.05, 0) is 64.4 Å². The molecule has 4 nitrogen and oxygen atoms in total. The molecule has 2 aromatic rings. The minimum atomic E-state index is -1.92. The summed E-state index contributed by atoms with van der Waals surface area (Å²) >= 11 is 0. The van der Waals surface area contributed by atoms with Crippen LogP contribution in [0, 0.1) is 10.8 Å². The Morgan fingerprint density at radius 3 is 1.59 bits per heavy atom. The molecular weight excluding hydrogens is 440 g/mol. The molecule has 0 fully saturated rings. The number of hydrogen-bond donors (Lipinski definition) is 0. The van der Waals surface area contributed by atoms with Crippen LogP contribution in [-0.4, -0.2) is 25.7 Å². The molecule has 0 radical (unpaired) electrons. The maximum atomic E-state index is 13.7. The lowest BCUT2D eigenvalue weighted by Crippen LogP contribution is -2.43. The fourth-order valence-corrected chi connectivity index (χ4v) is 5.02. The van der Waals surface area contributed by atoms with E-state index in [9.17, 15) is 14.4 Å². The molecule has 0 atom stereocenters. The van der Waals surface area contributed by atoms with Crippen LogP contribution >= 0.6 is 0 Å². The Bertz CT molecular complexity index is 976. The summed E-state index contributed by atoms with van der Waals surface area (Å²) in [7, 11) is -1.92. The van der Waals surface area contributed by atoms with Gasteiger partial charge in [0.25, 0.3) is 0 Å². The van der Waals surface area contributed by atoms with Crippen LogP contribution in [0.5, 0.6) is 0 Å². The van der Waals surface area contributed by atoms with E-state index < -0.39 is 19.1 Å². The number of ketones is 3. The van der Waals surface area contributed by atoms with Crippen molar-refractivity contribution >= 4 is 25.7 Å². The minimum absolute atomic E-state index is 0.00172. The zero-order valence-electron chi connectivity index (χ0n) is 21.4. The van der Waals surface area contributed by atoms with Crippen LogP contribution in [-0.2, 0) is 31.7 Å². The molecule has 2 rings (SSSR count). The summed E-state index contributed by atoms with van der Waals surface area (Å²) in [6.07, 6.45) is 0.653. The first-order valence-electron chi connectivity index (χ1n) is 11.8. The van der Waals surface area contributed by atoms with E-state index in [1.807, 2.05) is 80.3 Å². The standard InChI is InChI=1S/C29H38O4Si/c1-22(30)29(20-24-14-10-8-11-15-24,21-25-16-12-9-13-17-25)27(32)19-18-26(31)28(3,4)23(2)33-34(5,6)7/h8-17H,2,18-21H2,1,3-7H3. The number of carbonyl (C=O) groups is 3. The molecule has 0 bridgehead atoms. The van der Waals surface area contributed by atoms with Gasteiger partial charge in [0.05, 0.1) is 16.6 Å². The van der Waals surface area contributed by atoms with E-state index in [1.165, 1.54) is 6.92 Å². The molecule has 0 spiro atoms. The fraction of sp³-hybridized carbons (Fsp3) is 0.414. The number of rotatable bonds is 13. The molecule has 0 aliphatic carbocycles. The van der Waals surface area contributed by atoms with Crippen LogP contribution < -0.4 is 0 Å². The van der Waals surface area contributed by atoms with Gasteiger partial charge >= 0.3 is 0 Å². The van der Waals surface area contributed by atoms with E-state index in [-0.39, 0.29) is 30.2 Å². The van der Waals surface area contributed by atoms with Crippen molar-refractivity contribution in [3.05, 3.63) is 84.1 Å². The first kappa shape index (κ1) is 27.5. The summed E-state index contributed by atoms with van der Waals surface area (Å²) in [5.74, 6) is -0.0477. The van der Waals surface area contributed by atoms with Gasteiger partial charge in [0.2, 0.25) is 8.32 Å². The molecule has 182 valence electrons. The third-order valence-electron chi connectivity index (χ3n) is 6.31. The van der Waals surface area contributed by atoms with Crippen LogP contribution in [0.2, 0.25) is 19.6 Å². The summed E-state index contributed by atoms with van der Waals surface area (Å²) < 4.78 is 5.98.